The number of carbonyl (C=O) groups is 1. The Kier molecular flexibility index (Phi) is 3.79. The second-order valence-corrected chi connectivity index (χ2v) is 4.80. The molecule has 1 heterocycles. The van der Waals surface area contributed by atoms with Crippen molar-refractivity contribution >= 4 is 29.0 Å². The molecule has 18 heavy (non-hydrogen) atoms. The zero-order chi connectivity index (χ0) is 13.3. The first kappa shape index (κ1) is 13.2. The van der Waals surface area contributed by atoms with Crippen molar-refractivity contribution in [1.82, 2.24) is 4.57 Å². The predicted molar refractivity (Wildman–Crippen MR) is 75.3 cm³/mol. The van der Waals surface area contributed by atoms with Crippen LogP contribution in [0, 0.1) is 13.8 Å². The molecule has 2 rings (SSSR count). The van der Waals surface area contributed by atoms with E-state index in [0.29, 0.717) is 10.6 Å². The smallest absolute Gasteiger partial charge is 0.179 e. The highest BCUT2D eigenvalue weighted by Crippen LogP contribution is 2.26. The monoisotopic (exact) mass is 281 g/mol. The van der Waals surface area contributed by atoms with Crippen molar-refractivity contribution in [3.05, 3.63) is 52.3 Å². The minimum Gasteiger partial charge on any atom is -0.316 e. The van der Waals surface area contributed by atoms with Crippen molar-refractivity contribution in [1.29, 1.82) is 0 Å². The van der Waals surface area contributed by atoms with Crippen molar-refractivity contribution < 1.29 is 4.79 Å². The molecule has 0 atom stereocenters. The highest BCUT2D eigenvalue weighted by Gasteiger charge is 2.16. The minimum atomic E-state index is -0.0666. The minimum absolute atomic E-state index is 0.00713. The lowest BCUT2D eigenvalue weighted by atomic mass is 10.2. The number of aromatic nitrogens is 1. The average Bonchev–Trinajstić information content (AvgIpc) is 2.65. The summed E-state index contributed by atoms with van der Waals surface area (Å²) in [6.45, 7) is 3.84. The Morgan fingerprint density at radius 1 is 1.28 bits per heavy atom. The molecule has 0 bridgehead atoms. The summed E-state index contributed by atoms with van der Waals surface area (Å²) in [6, 6.07) is 9.41. The van der Waals surface area contributed by atoms with Gasteiger partial charge >= 0.3 is 0 Å². The van der Waals surface area contributed by atoms with Gasteiger partial charge in [-0.2, -0.15) is 0 Å². The third-order valence-electron chi connectivity index (χ3n) is 2.95. The maximum Gasteiger partial charge on any atom is 0.179 e. The van der Waals surface area contributed by atoms with E-state index in [-0.39, 0.29) is 11.7 Å². The van der Waals surface area contributed by atoms with E-state index in [9.17, 15) is 4.79 Å². The number of nitrogens with zero attached hydrogens (tertiary/aromatic N) is 1. The maximum atomic E-state index is 11.7. The SMILES string of the molecule is Cc1cc(C(=O)CCl)c(C)n1-c1ccccc1Cl. The lowest BCUT2D eigenvalue weighted by Crippen LogP contribution is -2.04. The normalized spacial score (nSPS) is 10.7. The fourth-order valence-electron chi connectivity index (χ4n) is 2.12. The molecular weight excluding hydrogens is 269 g/mol. The van der Waals surface area contributed by atoms with Gasteiger partial charge in [-0.05, 0) is 32.0 Å². The Labute approximate surface area is 116 Å². The molecule has 4 heteroatoms. The van der Waals surface area contributed by atoms with Crippen LogP contribution in [0.4, 0.5) is 0 Å². The van der Waals surface area contributed by atoms with Gasteiger partial charge in [0.1, 0.15) is 0 Å². The Bertz CT molecular complexity index is 602. The molecule has 0 N–H and O–H groups in total. The summed E-state index contributed by atoms with van der Waals surface area (Å²) in [6.07, 6.45) is 0. The van der Waals surface area contributed by atoms with E-state index < -0.39 is 0 Å². The van der Waals surface area contributed by atoms with Crippen LogP contribution in [0.2, 0.25) is 5.02 Å². The standard InChI is InChI=1S/C14H13Cl2NO/c1-9-7-11(14(18)8-15)10(2)17(9)13-6-4-3-5-12(13)16/h3-7H,8H2,1-2H3. The molecule has 1 aromatic heterocycles. The summed E-state index contributed by atoms with van der Waals surface area (Å²) in [7, 11) is 0. The van der Waals surface area contributed by atoms with Crippen molar-refractivity contribution in [3.63, 3.8) is 0 Å². The fourth-order valence-corrected chi connectivity index (χ4v) is 2.49. The topological polar surface area (TPSA) is 22.0 Å². The van der Waals surface area contributed by atoms with Crippen LogP contribution in [0.15, 0.2) is 30.3 Å². The van der Waals surface area contributed by atoms with E-state index in [1.54, 1.807) is 0 Å². The molecule has 0 aliphatic carbocycles. The second-order valence-electron chi connectivity index (χ2n) is 4.13. The molecule has 0 spiro atoms. The van der Waals surface area contributed by atoms with Crippen molar-refractivity contribution in [2.24, 2.45) is 0 Å². The number of Topliss-reactive ketones (excluding diaryl/α,β-unsaturated/α-hetero) is 1. The molecule has 94 valence electrons. The number of halogens is 2. The van der Waals surface area contributed by atoms with Gasteiger partial charge in [-0.3, -0.25) is 4.79 Å². The first-order valence-corrected chi connectivity index (χ1v) is 6.50. The van der Waals surface area contributed by atoms with Crippen LogP contribution in [0.5, 0.6) is 0 Å². The third kappa shape index (κ3) is 2.18. The number of benzene rings is 1. The molecule has 0 amide bonds. The van der Waals surface area contributed by atoms with Gasteiger partial charge in [0, 0.05) is 17.0 Å². The zero-order valence-corrected chi connectivity index (χ0v) is 11.7. The summed E-state index contributed by atoms with van der Waals surface area (Å²) in [4.78, 5) is 11.7. The number of ketones is 1. The first-order chi connectivity index (χ1) is 8.56. The number of para-hydroxylation sites is 1. The van der Waals surface area contributed by atoms with Gasteiger partial charge in [0.05, 0.1) is 16.6 Å². The van der Waals surface area contributed by atoms with Crippen molar-refractivity contribution in [3.8, 4) is 5.69 Å². The fraction of sp³-hybridized carbons (Fsp3) is 0.214. The molecule has 0 saturated carbocycles. The number of rotatable bonds is 3. The van der Waals surface area contributed by atoms with Crippen LogP contribution in [0.25, 0.3) is 5.69 Å². The Hall–Kier alpha value is -1.25. The van der Waals surface area contributed by atoms with Crippen LogP contribution in [0.3, 0.4) is 0 Å². The average molecular weight is 282 g/mol. The number of carbonyl (C=O) groups excluding carboxylic acids is 1. The van der Waals surface area contributed by atoms with E-state index >= 15 is 0 Å². The zero-order valence-electron chi connectivity index (χ0n) is 10.2. The van der Waals surface area contributed by atoms with Crippen LogP contribution in [-0.4, -0.2) is 16.2 Å². The van der Waals surface area contributed by atoms with Gasteiger partial charge in [0.2, 0.25) is 0 Å². The van der Waals surface area contributed by atoms with Gasteiger partial charge < -0.3 is 4.57 Å². The van der Waals surface area contributed by atoms with Crippen molar-refractivity contribution in [2.45, 2.75) is 13.8 Å². The molecular formula is C14H13Cl2NO. The quantitative estimate of drug-likeness (QED) is 0.611. The first-order valence-electron chi connectivity index (χ1n) is 5.59. The highest BCUT2D eigenvalue weighted by atomic mass is 35.5. The van der Waals surface area contributed by atoms with E-state index in [4.69, 9.17) is 23.2 Å². The molecule has 0 aliphatic heterocycles. The molecule has 1 aromatic carbocycles. The summed E-state index contributed by atoms with van der Waals surface area (Å²) in [5.74, 6) is -0.0737. The lowest BCUT2D eigenvalue weighted by molar-refractivity contribution is 0.102. The maximum absolute atomic E-state index is 11.7. The Morgan fingerprint density at radius 3 is 2.56 bits per heavy atom. The number of hydrogen-bond donors (Lipinski definition) is 0. The molecule has 0 radical (unpaired) electrons. The van der Waals surface area contributed by atoms with Gasteiger partial charge in [0.25, 0.3) is 0 Å². The summed E-state index contributed by atoms with van der Waals surface area (Å²) < 4.78 is 1.97. The van der Waals surface area contributed by atoms with E-state index in [0.717, 1.165) is 17.1 Å². The van der Waals surface area contributed by atoms with Gasteiger partial charge in [-0.25, -0.2) is 0 Å². The molecule has 0 saturated heterocycles. The number of hydrogen-bond acceptors (Lipinski definition) is 1. The summed E-state index contributed by atoms with van der Waals surface area (Å²) in [5.41, 5.74) is 3.37. The Balaban J connectivity index is 2.63. The number of aryl methyl sites for hydroxylation is 1. The van der Waals surface area contributed by atoms with Gasteiger partial charge in [-0.15, -0.1) is 11.6 Å². The Morgan fingerprint density at radius 2 is 1.94 bits per heavy atom. The van der Waals surface area contributed by atoms with E-state index in [2.05, 4.69) is 0 Å². The van der Waals surface area contributed by atoms with Crippen LogP contribution < -0.4 is 0 Å². The lowest BCUT2D eigenvalue weighted by Gasteiger charge is -2.11. The third-order valence-corrected chi connectivity index (χ3v) is 3.51. The molecule has 0 aliphatic rings. The van der Waals surface area contributed by atoms with Crippen LogP contribution in [0.1, 0.15) is 21.7 Å². The largest absolute Gasteiger partial charge is 0.316 e. The van der Waals surface area contributed by atoms with Crippen molar-refractivity contribution in [2.75, 3.05) is 5.88 Å². The second kappa shape index (κ2) is 5.17. The molecule has 0 fully saturated rings. The molecule has 2 aromatic rings. The van der Waals surface area contributed by atoms with Crippen LogP contribution in [-0.2, 0) is 0 Å². The summed E-state index contributed by atoms with van der Waals surface area (Å²) in [5, 5.41) is 0.657. The van der Waals surface area contributed by atoms with Crippen LogP contribution >= 0.6 is 23.2 Å². The molecule has 0 unspecified atom stereocenters. The predicted octanol–water partition coefficient (Wildman–Crippen LogP) is 4.17. The summed E-state index contributed by atoms with van der Waals surface area (Å²) >= 11 is 11.8. The van der Waals surface area contributed by atoms with Gasteiger partial charge in [0.15, 0.2) is 5.78 Å². The van der Waals surface area contributed by atoms with Gasteiger partial charge in [-0.1, -0.05) is 23.7 Å². The van der Waals surface area contributed by atoms with E-state index in [1.807, 2.05) is 48.7 Å². The highest BCUT2D eigenvalue weighted by molar-refractivity contribution is 6.32. The number of alkyl halides is 1. The molecule has 2 nitrogen and oxygen atoms in total. The van der Waals surface area contributed by atoms with E-state index in [1.165, 1.54) is 0 Å².